The first-order valence-electron chi connectivity index (χ1n) is 9.31. The molecule has 1 N–H and O–H groups in total. The fourth-order valence-corrected chi connectivity index (χ4v) is 3.35. The lowest BCUT2D eigenvalue weighted by Gasteiger charge is -2.20. The van der Waals surface area contributed by atoms with Crippen molar-refractivity contribution in [2.24, 2.45) is 10.3 Å². The number of halogens is 1. The van der Waals surface area contributed by atoms with Gasteiger partial charge in [-0.25, -0.2) is 9.29 Å². The van der Waals surface area contributed by atoms with Crippen molar-refractivity contribution in [1.29, 1.82) is 0 Å². The van der Waals surface area contributed by atoms with E-state index in [1.54, 1.807) is 24.3 Å². The minimum atomic E-state index is -1.03. The number of nitrogens with one attached hydrogen (secondary N) is 1. The van der Waals surface area contributed by atoms with Gasteiger partial charge in [0.2, 0.25) is 5.91 Å². The van der Waals surface area contributed by atoms with Crippen LogP contribution < -0.4 is 15.0 Å². The predicted molar refractivity (Wildman–Crippen MR) is 104 cm³/mol. The topological polar surface area (TPSA) is 104 Å². The number of rotatable bonds is 6. The van der Waals surface area contributed by atoms with Crippen LogP contribution in [0.15, 0.2) is 58.9 Å². The molecule has 2 aliphatic rings. The number of anilines is 2. The summed E-state index contributed by atoms with van der Waals surface area (Å²) in [5, 5.41) is 11.6. The molecule has 0 unspecified atom stereocenters. The van der Waals surface area contributed by atoms with Crippen molar-refractivity contribution in [1.82, 2.24) is 5.01 Å². The molecule has 0 radical (unpaired) electrons. The first kappa shape index (κ1) is 19.5. The zero-order valence-electron chi connectivity index (χ0n) is 16.0. The summed E-state index contributed by atoms with van der Waals surface area (Å²) in [6.45, 7) is 2.16. The van der Waals surface area contributed by atoms with Crippen molar-refractivity contribution in [2.75, 3.05) is 23.4 Å². The number of nitrogens with zero attached hydrogens (tertiary/aromatic N) is 4. The van der Waals surface area contributed by atoms with Gasteiger partial charge < -0.3 is 10.1 Å². The normalized spacial score (nSPS) is 19.9. The van der Waals surface area contributed by atoms with Crippen LogP contribution in [-0.2, 0) is 14.4 Å². The van der Waals surface area contributed by atoms with Gasteiger partial charge >= 0.3 is 0 Å². The first-order valence-corrected chi connectivity index (χ1v) is 9.31. The molecule has 1 fully saturated rings. The SMILES string of the molecule is CCOc1ccc(NC(=O)CN2N=N[C@H]3C(=O)N(c4ccc(F)cc4)C(=O)[C@H]32)cc1. The predicted octanol–water partition coefficient (Wildman–Crippen LogP) is 2.16. The zero-order chi connectivity index (χ0) is 21.3. The fourth-order valence-electron chi connectivity index (χ4n) is 3.35. The van der Waals surface area contributed by atoms with E-state index in [2.05, 4.69) is 15.7 Å². The quantitative estimate of drug-likeness (QED) is 0.734. The van der Waals surface area contributed by atoms with E-state index in [0.29, 0.717) is 18.0 Å². The molecule has 3 amide bonds. The van der Waals surface area contributed by atoms with Crippen LogP contribution in [0.5, 0.6) is 5.75 Å². The standard InChI is InChI=1S/C20H18FN5O4/c1-2-30-15-9-5-13(6-10-15)22-16(27)11-25-18-17(23-24-25)19(28)26(20(18)29)14-7-3-12(21)4-8-14/h3-10,17-18H,2,11H2,1H3,(H,22,27)/t17-,18+/m1/s1. The number of ether oxygens (including phenoxy) is 1. The van der Waals surface area contributed by atoms with Crippen molar-refractivity contribution in [3.63, 3.8) is 0 Å². The fraction of sp³-hybridized carbons (Fsp3) is 0.250. The smallest absolute Gasteiger partial charge is 0.263 e. The second-order valence-corrected chi connectivity index (χ2v) is 6.69. The zero-order valence-corrected chi connectivity index (χ0v) is 16.0. The molecule has 2 aromatic carbocycles. The molecule has 30 heavy (non-hydrogen) atoms. The van der Waals surface area contributed by atoms with E-state index in [1.807, 2.05) is 6.92 Å². The van der Waals surface area contributed by atoms with Crippen LogP contribution in [0.3, 0.4) is 0 Å². The van der Waals surface area contributed by atoms with E-state index in [0.717, 1.165) is 17.0 Å². The number of hydrogen-bond acceptors (Lipinski definition) is 7. The van der Waals surface area contributed by atoms with Crippen LogP contribution in [0.25, 0.3) is 0 Å². The lowest BCUT2D eigenvalue weighted by atomic mass is 10.1. The lowest BCUT2D eigenvalue weighted by Crippen LogP contribution is -2.43. The Balaban J connectivity index is 1.43. The van der Waals surface area contributed by atoms with E-state index >= 15 is 0 Å². The minimum absolute atomic E-state index is 0.245. The lowest BCUT2D eigenvalue weighted by molar-refractivity contribution is -0.123. The Morgan fingerprint density at radius 1 is 1.10 bits per heavy atom. The third-order valence-corrected chi connectivity index (χ3v) is 4.70. The van der Waals surface area contributed by atoms with E-state index < -0.39 is 35.6 Å². The van der Waals surface area contributed by atoms with Crippen molar-refractivity contribution in [2.45, 2.75) is 19.0 Å². The third kappa shape index (κ3) is 3.59. The molecule has 2 heterocycles. The number of imide groups is 1. The summed E-state index contributed by atoms with van der Waals surface area (Å²) in [7, 11) is 0. The molecule has 9 nitrogen and oxygen atoms in total. The molecule has 0 spiro atoms. The summed E-state index contributed by atoms with van der Waals surface area (Å²) in [5.41, 5.74) is 0.799. The molecular weight excluding hydrogens is 393 g/mol. The monoisotopic (exact) mass is 411 g/mol. The summed E-state index contributed by atoms with van der Waals surface area (Å²) in [5.74, 6) is -1.34. The molecule has 0 saturated carbocycles. The van der Waals surface area contributed by atoms with Crippen LogP contribution in [0.4, 0.5) is 15.8 Å². The Bertz CT molecular complexity index is 1010. The van der Waals surface area contributed by atoms with Crippen molar-refractivity contribution >= 4 is 29.1 Å². The maximum absolute atomic E-state index is 13.2. The summed E-state index contributed by atoms with van der Waals surface area (Å²) in [6, 6.07) is 9.80. The second-order valence-electron chi connectivity index (χ2n) is 6.69. The van der Waals surface area contributed by atoms with Gasteiger partial charge in [0.1, 0.15) is 18.1 Å². The van der Waals surface area contributed by atoms with Gasteiger partial charge in [0, 0.05) is 5.69 Å². The van der Waals surface area contributed by atoms with Crippen LogP contribution in [0, 0.1) is 5.82 Å². The number of fused-ring (bicyclic) bond motifs is 1. The van der Waals surface area contributed by atoms with Crippen molar-refractivity contribution in [3.05, 3.63) is 54.3 Å². The van der Waals surface area contributed by atoms with E-state index in [1.165, 1.54) is 17.1 Å². The molecule has 2 atom stereocenters. The number of hydrogen-bond donors (Lipinski definition) is 1. The highest BCUT2D eigenvalue weighted by Crippen LogP contribution is 2.31. The second kappa shape index (κ2) is 7.90. The Hall–Kier alpha value is -3.82. The highest BCUT2D eigenvalue weighted by atomic mass is 19.1. The van der Waals surface area contributed by atoms with Gasteiger partial charge in [-0.2, -0.15) is 5.11 Å². The van der Waals surface area contributed by atoms with Gasteiger partial charge in [-0.15, -0.1) is 0 Å². The Morgan fingerprint density at radius 2 is 1.80 bits per heavy atom. The third-order valence-electron chi connectivity index (χ3n) is 4.70. The molecule has 2 aromatic rings. The first-order chi connectivity index (χ1) is 14.5. The van der Waals surface area contributed by atoms with Crippen molar-refractivity contribution < 1.29 is 23.5 Å². The molecule has 0 aliphatic carbocycles. The average molecular weight is 411 g/mol. The molecule has 1 saturated heterocycles. The summed E-state index contributed by atoms with van der Waals surface area (Å²) < 4.78 is 18.5. The van der Waals surface area contributed by atoms with E-state index in [9.17, 15) is 18.8 Å². The number of carbonyl (C=O) groups excluding carboxylic acids is 3. The molecule has 2 aliphatic heterocycles. The number of benzene rings is 2. The molecule has 154 valence electrons. The molecular formula is C20H18FN5O4. The van der Waals surface area contributed by atoms with Crippen LogP contribution in [-0.4, -0.2) is 48.0 Å². The molecule has 0 bridgehead atoms. The Kier molecular flexibility index (Phi) is 5.13. The largest absolute Gasteiger partial charge is 0.494 e. The van der Waals surface area contributed by atoms with E-state index in [4.69, 9.17) is 4.74 Å². The van der Waals surface area contributed by atoms with Gasteiger partial charge in [0.05, 0.1) is 12.3 Å². The van der Waals surface area contributed by atoms with Crippen LogP contribution >= 0.6 is 0 Å². The summed E-state index contributed by atoms with van der Waals surface area (Å²) in [6.07, 6.45) is 0. The van der Waals surface area contributed by atoms with E-state index in [-0.39, 0.29) is 12.2 Å². The van der Waals surface area contributed by atoms with Crippen LogP contribution in [0.2, 0.25) is 0 Å². The van der Waals surface area contributed by atoms with Gasteiger partial charge in [-0.3, -0.25) is 19.4 Å². The number of amides is 3. The molecule has 4 rings (SSSR count). The van der Waals surface area contributed by atoms with Crippen LogP contribution in [0.1, 0.15) is 6.92 Å². The Morgan fingerprint density at radius 3 is 2.47 bits per heavy atom. The highest BCUT2D eigenvalue weighted by molar-refractivity contribution is 6.25. The van der Waals surface area contributed by atoms with Gasteiger partial charge in [0.15, 0.2) is 12.1 Å². The maximum Gasteiger partial charge on any atom is 0.263 e. The minimum Gasteiger partial charge on any atom is -0.494 e. The van der Waals surface area contributed by atoms with Gasteiger partial charge in [0.25, 0.3) is 11.8 Å². The maximum atomic E-state index is 13.2. The highest BCUT2D eigenvalue weighted by Gasteiger charge is 2.55. The van der Waals surface area contributed by atoms with Gasteiger partial charge in [-0.05, 0) is 55.5 Å². The summed E-state index contributed by atoms with van der Waals surface area (Å²) in [4.78, 5) is 38.8. The Labute approximate surface area is 171 Å². The van der Waals surface area contributed by atoms with Crippen molar-refractivity contribution in [3.8, 4) is 5.75 Å². The van der Waals surface area contributed by atoms with Gasteiger partial charge in [-0.1, -0.05) is 5.22 Å². The number of carbonyl (C=O) groups is 3. The molecule has 0 aromatic heterocycles. The average Bonchev–Trinajstić information content (AvgIpc) is 3.24. The summed E-state index contributed by atoms with van der Waals surface area (Å²) >= 11 is 0. The molecule has 10 heteroatoms.